The molecule has 0 spiro atoms. The summed E-state index contributed by atoms with van der Waals surface area (Å²) in [7, 11) is -3.82. The Labute approximate surface area is 197 Å². The number of piperidine rings is 1. The van der Waals surface area contributed by atoms with Gasteiger partial charge in [0.15, 0.2) is 0 Å². The molecular formula is C21H26FN9O2S. The number of rotatable bonds is 5. The number of piperazine rings is 1. The first-order valence-corrected chi connectivity index (χ1v) is 12.7. The summed E-state index contributed by atoms with van der Waals surface area (Å²) in [5.74, 6) is 1.83. The van der Waals surface area contributed by atoms with E-state index >= 15 is 0 Å². The monoisotopic (exact) mass is 487 g/mol. The number of hydrogen-bond donors (Lipinski definition) is 1. The standard InChI is InChI=1S/C21H26FN9O2S/c1-15-23-19(29-7-3-2-4-8-29)14-20(24-15)30-9-11-31(12-10-30)34(32,33)16-5-6-18(22)17(13-16)21-25-27-28-26-21/h5-6,13-14H,2-4,7-12H2,1H3,(H,25,26,27,28). The van der Waals surface area contributed by atoms with Crippen LogP contribution in [-0.4, -0.2) is 82.6 Å². The van der Waals surface area contributed by atoms with E-state index in [0.717, 1.165) is 43.6 Å². The number of benzene rings is 1. The van der Waals surface area contributed by atoms with Crippen LogP contribution in [0.25, 0.3) is 11.4 Å². The number of nitrogens with zero attached hydrogens (tertiary/aromatic N) is 8. The van der Waals surface area contributed by atoms with Crippen molar-refractivity contribution >= 4 is 21.7 Å². The first-order valence-electron chi connectivity index (χ1n) is 11.3. The van der Waals surface area contributed by atoms with Crippen molar-refractivity contribution in [3.63, 3.8) is 0 Å². The van der Waals surface area contributed by atoms with Crippen molar-refractivity contribution in [3.8, 4) is 11.4 Å². The Hall–Kier alpha value is -3.19. The second-order valence-electron chi connectivity index (χ2n) is 8.45. The van der Waals surface area contributed by atoms with Crippen LogP contribution in [0.3, 0.4) is 0 Å². The summed E-state index contributed by atoms with van der Waals surface area (Å²) in [5, 5.41) is 13.2. The number of aromatic nitrogens is 6. The topological polar surface area (TPSA) is 124 Å². The van der Waals surface area contributed by atoms with E-state index < -0.39 is 15.8 Å². The van der Waals surface area contributed by atoms with Gasteiger partial charge in [-0.25, -0.2) is 22.8 Å². The quantitative estimate of drug-likeness (QED) is 0.571. The van der Waals surface area contributed by atoms with Gasteiger partial charge in [-0.3, -0.25) is 0 Å². The average Bonchev–Trinajstić information content (AvgIpc) is 3.39. The van der Waals surface area contributed by atoms with E-state index in [1.807, 2.05) is 13.0 Å². The van der Waals surface area contributed by atoms with Crippen molar-refractivity contribution in [2.45, 2.75) is 31.1 Å². The number of H-pyrrole nitrogens is 1. The Kier molecular flexibility index (Phi) is 6.13. The molecule has 0 saturated carbocycles. The summed E-state index contributed by atoms with van der Waals surface area (Å²) in [6.45, 7) is 5.44. The van der Waals surface area contributed by atoms with Crippen LogP contribution >= 0.6 is 0 Å². The Balaban J connectivity index is 1.32. The molecule has 5 rings (SSSR count). The number of anilines is 2. The lowest BCUT2D eigenvalue weighted by Gasteiger charge is -2.35. The second-order valence-corrected chi connectivity index (χ2v) is 10.4. The molecule has 2 aliphatic rings. The third-order valence-electron chi connectivity index (χ3n) is 6.22. The minimum absolute atomic E-state index is 0.00279. The van der Waals surface area contributed by atoms with Crippen molar-refractivity contribution < 1.29 is 12.8 Å². The van der Waals surface area contributed by atoms with Gasteiger partial charge < -0.3 is 9.80 Å². The predicted molar refractivity (Wildman–Crippen MR) is 123 cm³/mol. The maximum atomic E-state index is 14.2. The summed E-state index contributed by atoms with van der Waals surface area (Å²) in [4.78, 5) is 13.6. The van der Waals surface area contributed by atoms with Gasteiger partial charge in [-0.2, -0.15) is 9.52 Å². The third-order valence-corrected chi connectivity index (χ3v) is 8.11. The van der Waals surface area contributed by atoms with Gasteiger partial charge in [0.05, 0.1) is 10.5 Å². The number of tetrazole rings is 1. The number of hydrogen-bond acceptors (Lipinski definition) is 9. The van der Waals surface area contributed by atoms with Crippen LogP contribution in [0.2, 0.25) is 0 Å². The smallest absolute Gasteiger partial charge is 0.243 e. The van der Waals surface area contributed by atoms with Gasteiger partial charge in [0, 0.05) is 45.3 Å². The normalized spacial score (nSPS) is 17.8. The van der Waals surface area contributed by atoms with Gasteiger partial charge in [0.2, 0.25) is 15.8 Å². The van der Waals surface area contributed by atoms with Crippen molar-refractivity contribution in [2.75, 3.05) is 49.1 Å². The molecule has 2 aromatic heterocycles. The van der Waals surface area contributed by atoms with Crippen LogP contribution in [0.5, 0.6) is 0 Å². The van der Waals surface area contributed by atoms with E-state index in [4.69, 9.17) is 0 Å². The molecule has 0 aliphatic carbocycles. The van der Waals surface area contributed by atoms with Crippen LogP contribution in [0.15, 0.2) is 29.2 Å². The highest BCUT2D eigenvalue weighted by Crippen LogP contribution is 2.27. The van der Waals surface area contributed by atoms with E-state index in [1.54, 1.807) is 0 Å². The van der Waals surface area contributed by atoms with Crippen LogP contribution in [0, 0.1) is 12.7 Å². The van der Waals surface area contributed by atoms with Gasteiger partial charge in [0.25, 0.3) is 0 Å². The molecule has 0 amide bonds. The molecule has 11 nitrogen and oxygen atoms in total. The zero-order valence-corrected chi connectivity index (χ0v) is 19.7. The predicted octanol–water partition coefficient (Wildman–Crippen LogP) is 1.61. The lowest BCUT2D eigenvalue weighted by molar-refractivity contribution is 0.383. The zero-order chi connectivity index (χ0) is 23.7. The number of aryl methyl sites for hydroxylation is 1. The molecule has 1 aromatic carbocycles. The van der Waals surface area contributed by atoms with E-state index in [2.05, 4.69) is 40.4 Å². The lowest BCUT2D eigenvalue weighted by atomic mass is 10.1. The summed E-state index contributed by atoms with van der Waals surface area (Å²) in [5.41, 5.74) is -0.0184. The minimum atomic E-state index is -3.82. The fourth-order valence-electron chi connectivity index (χ4n) is 4.40. The lowest BCUT2D eigenvalue weighted by Crippen LogP contribution is -2.49. The number of aromatic amines is 1. The van der Waals surface area contributed by atoms with Gasteiger partial charge >= 0.3 is 0 Å². The first kappa shape index (κ1) is 22.6. The fourth-order valence-corrected chi connectivity index (χ4v) is 5.85. The molecular weight excluding hydrogens is 461 g/mol. The Bertz CT molecular complexity index is 1260. The summed E-state index contributed by atoms with van der Waals surface area (Å²) in [6.07, 6.45) is 3.56. The summed E-state index contributed by atoms with van der Waals surface area (Å²) >= 11 is 0. The highest BCUT2D eigenvalue weighted by molar-refractivity contribution is 7.89. The molecule has 4 heterocycles. The average molecular weight is 488 g/mol. The van der Waals surface area contributed by atoms with Crippen LogP contribution in [0.1, 0.15) is 25.1 Å². The molecule has 1 N–H and O–H groups in total. The van der Waals surface area contributed by atoms with Crippen LogP contribution < -0.4 is 9.80 Å². The molecule has 0 radical (unpaired) electrons. The highest BCUT2D eigenvalue weighted by Gasteiger charge is 2.30. The second kappa shape index (κ2) is 9.22. The van der Waals surface area contributed by atoms with E-state index in [1.165, 1.54) is 22.9 Å². The minimum Gasteiger partial charge on any atom is -0.356 e. The summed E-state index contributed by atoms with van der Waals surface area (Å²) < 4.78 is 42.2. The summed E-state index contributed by atoms with van der Waals surface area (Å²) in [6, 6.07) is 5.63. The van der Waals surface area contributed by atoms with Crippen molar-refractivity contribution in [3.05, 3.63) is 35.9 Å². The molecule has 2 saturated heterocycles. The van der Waals surface area contributed by atoms with Gasteiger partial charge in [-0.05, 0) is 49.6 Å². The largest absolute Gasteiger partial charge is 0.356 e. The Morgan fingerprint density at radius 1 is 0.912 bits per heavy atom. The maximum Gasteiger partial charge on any atom is 0.243 e. The zero-order valence-electron chi connectivity index (χ0n) is 18.9. The number of halogens is 1. The molecule has 0 unspecified atom stereocenters. The number of nitrogens with one attached hydrogen (secondary N) is 1. The van der Waals surface area contributed by atoms with E-state index in [-0.39, 0.29) is 16.3 Å². The molecule has 180 valence electrons. The molecule has 2 fully saturated rings. The van der Waals surface area contributed by atoms with Gasteiger partial charge in [-0.1, -0.05) is 0 Å². The molecule has 3 aromatic rings. The molecule has 0 bridgehead atoms. The van der Waals surface area contributed by atoms with Crippen LogP contribution in [-0.2, 0) is 10.0 Å². The van der Waals surface area contributed by atoms with Crippen LogP contribution in [0.4, 0.5) is 16.0 Å². The number of sulfonamides is 1. The van der Waals surface area contributed by atoms with Gasteiger partial charge in [-0.15, -0.1) is 10.2 Å². The van der Waals surface area contributed by atoms with Gasteiger partial charge in [0.1, 0.15) is 23.3 Å². The molecule has 34 heavy (non-hydrogen) atoms. The van der Waals surface area contributed by atoms with E-state index in [0.29, 0.717) is 32.0 Å². The highest BCUT2D eigenvalue weighted by atomic mass is 32.2. The fraction of sp³-hybridized carbons (Fsp3) is 0.476. The molecule has 13 heteroatoms. The Morgan fingerprint density at radius 3 is 2.24 bits per heavy atom. The van der Waals surface area contributed by atoms with Crippen molar-refractivity contribution in [1.29, 1.82) is 0 Å². The van der Waals surface area contributed by atoms with Crippen molar-refractivity contribution in [1.82, 2.24) is 34.9 Å². The third kappa shape index (κ3) is 4.44. The maximum absolute atomic E-state index is 14.2. The first-order chi connectivity index (χ1) is 16.4. The van der Waals surface area contributed by atoms with Crippen molar-refractivity contribution in [2.24, 2.45) is 0 Å². The molecule has 0 atom stereocenters. The SMILES string of the molecule is Cc1nc(N2CCCCC2)cc(N2CCN(S(=O)(=O)c3ccc(F)c(-c4nn[nH]n4)c3)CC2)n1. The molecule has 2 aliphatic heterocycles. The Morgan fingerprint density at radius 2 is 1.59 bits per heavy atom. The van der Waals surface area contributed by atoms with E-state index in [9.17, 15) is 12.8 Å².